The number of hydrogen-bond acceptors (Lipinski definition) is 0. The van der Waals surface area contributed by atoms with Crippen LogP contribution < -0.4 is 0 Å². The summed E-state index contributed by atoms with van der Waals surface area (Å²) in [5, 5.41) is 0. The smallest absolute Gasteiger partial charge is 0.0274 e. The van der Waals surface area contributed by atoms with E-state index in [4.69, 9.17) is 0 Å². The molecule has 0 nitrogen and oxygen atoms in total. The van der Waals surface area contributed by atoms with E-state index in [9.17, 15) is 0 Å². The highest BCUT2D eigenvalue weighted by Gasteiger charge is 2.45. The summed E-state index contributed by atoms with van der Waals surface area (Å²) in [5.74, 6) is 0.621. The molecule has 144 valence electrons. The quantitative estimate of drug-likeness (QED) is 0.279. The summed E-state index contributed by atoms with van der Waals surface area (Å²) in [7, 11) is 0. The molecular weight excluding hydrogens is 324 g/mol. The number of benzene rings is 2. The van der Waals surface area contributed by atoms with Gasteiger partial charge in [-0.05, 0) is 41.0 Å². The second-order valence-electron chi connectivity index (χ2n) is 8.37. The fourth-order valence-corrected chi connectivity index (χ4v) is 5.19. The predicted molar refractivity (Wildman–Crippen MR) is 119 cm³/mol. The largest absolute Gasteiger partial charge is 0.103 e. The van der Waals surface area contributed by atoms with Crippen molar-refractivity contribution in [3.05, 3.63) is 72.3 Å². The van der Waals surface area contributed by atoms with Gasteiger partial charge in [0.1, 0.15) is 0 Å². The molecule has 0 saturated heterocycles. The number of rotatable bonds is 11. The maximum absolute atomic E-state index is 4.14. The van der Waals surface area contributed by atoms with Gasteiger partial charge in [0.25, 0.3) is 0 Å². The van der Waals surface area contributed by atoms with Gasteiger partial charge in [-0.2, -0.15) is 0 Å². The predicted octanol–water partition coefficient (Wildman–Crippen LogP) is 8.31. The van der Waals surface area contributed by atoms with E-state index in [1.807, 2.05) is 0 Å². The number of hydrogen-bond donors (Lipinski definition) is 0. The molecule has 2 aromatic carbocycles. The van der Waals surface area contributed by atoms with Gasteiger partial charge in [0.05, 0.1) is 0 Å². The molecule has 0 fully saturated rings. The average molecular weight is 361 g/mol. The van der Waals surface area contributed by atoms with Crippen molar-refractivity contribution in [2.24, 2.45) is 5.92 Å². The Balaban J connectivity index is 1.78. The van der Waals surface area contributed by atoms with E-state index >= 15 is 0 Å². The van der Waals surface area contributed by atoms with E-state index in [1.54, 1.807) is 0 Å². The zero-order valence-electron chi connectivity index (χ0n) is 17.3. The molecule has 0 bridgehead atoms. The van der Waals surface area contributed by atoms with Crippen molar-refractivity contribution in [2.45, 2.75) is 77.0 Å². The van der Waals surface area contributed by atoms with Crippen molar-refractivity contribution < 1.29 is 0 Å². The Bertz CT molecular complexity index is 694. The van der Waals surface area contributed by atoms with Crippen LogP contribution in [0.25, 0.3) is 11.1 Å². The van der Waals surface area contributed by atoms with Crippen LogP contribution in [0.5, 0.6) is 0 Å². The number of allylic oxidation sites excluding steroid dienone is 1. The van der Waals surface area contributed by atoms with Crippen LogP contribution in [0.1, 0.15) is 82.8 Å². The molecule has 0 heteroatoms. The monoisotopic (exact) mass is 360 g/mol. The molecule has 0 spiro atoms. The minimum Gasteiger partial charge on any atom is -0.103 e. The molecule has 27 heavy (non-hydrogen) atoms. The van der Waals surface area contributed by atoms with Crippen molar-refractivity contribution in [3.63, 3.8) is 0 Å². The Morgan fingerprint density at radius 2 is 1.33 bits per heavy atom. The van der Waals surface area contributed by atoms with E-state index < -0.39 is 0 Å². The lowest BCUT2D eigenvalue weighted by Crippen LogP contribution is -2.32. The van der Waals surface area contributed by atoms with Crippen molar-refractivity contribution in [3.8, 4) is 11.1 Å². The van der Waals surface area contributed by atoms with Crippen LogP contribution in [0, 0.1) is 5.92 Å². The summed E-state index contributed by atoms with van der Waals surface area (Å²) in [6.45, 7) is 8.90. The Morgan fingerprint density at radius 1 is 0.815 bits per heavy atom. The van der Waals surface area contributed by atoms with Crippen molar-refractivity contribution in [1.29, 1.82) is 0 Å². The van der Waals surface area contributed by atoms with E-state index in [0.29, 0.717) is 5.92 Å². The Labute approximate surface area is 166 Å². The zero-order chi connectivity index (χ0) is 19.1. The van der Waals surface area contributed by atoms with E-state index in [0.717, 1.165) is 6.42 Å². The first-order chi connectivity index (χ1) is 13.3. The van der Waals surface area contributed by atoms with E-state index in [2.05, 4.69) is 75.0 Å². The van der Waals surface area contributed by atoms with Crippen LogP contribution in [0.4, 0.5) is 0 Å². The van der Waals surface area contributed by atoms with Crippen molar-refractivity contribution >= 4 is 0 Å². The molecule has 0 aliphatic heterocycles. The van der Waals surface area contributed by atoms with E-state index in [-0.39, 0.29) is 5.41 Å². The molecule has 2 aromatic rings. The summed E-state index contributed by atoms with van der Waals surface area (Å²) < 4.78 is 0. The highest BCUT2D eigenvalue weighted by Crippen LogP contribution is 2.55. The van der Waals surface area contributed by atoms with Crippen LogP contribution >= 0.6 is 0 Å². The van der Waals surface area contributed by atoms with Gasteiger partial charge in [0.15, 0.2) is 0 Å². The fourth-order valence-electron chi connectivity index (χ4n) is 5.19. The lowest BCUT2D eigenvalue weighted by atomic mass is 9.65. The number of unbranched alkanes of at least 4 members (excludes halogenated alkanes) is 6. The summed E-state index contributed by atoms with van der Waals surface area (Å²) in [4.78, 5) is 0. The van der Waals surface area contributed by atoms with Crippen LogP contribution in [0.3, 0.4) is 0 Å². The van der Waals surface area contributed by atoms with Gasteiger partial charge in [0, 0.05) is 5.41 Å². The second-order valence-corrected chi connectivity index (χ2v) is 8.37. The average Bonchev–Trinajstić information content (AvgIpc) is 2.99. The Morgan fingerprint density at radius 3 is 1.89 bits per heavy atom. The van der Waals surface area contributed by atoms with Crippen LogP contribution in [-0.4, -0.2) is 0 Å². The first-order valence-corrected chi connectivity index (χ1v) is 11.1. The van der Waals surface area contributed by atoms with Gasteiger partial charge in [-0.3, -0.25) is 0 Å². The molecule has 0 heterocycles. The van der Waals surface area contributed by atoms with Gasteiger partial charge in [-0.25, -0.2) is 0 Å². The minimum atomic E-state index is 0.0944. The van der Waals surface area contributed by atoms with Gasteiger partial charge in [-0.15, -0.1) is 6.58 Å². The van der Waals surface area contributed by atoms with Crippen molar-refractivity contribution in [1.82, 2.24) is 0 Å². The first kappa shape index (κ1) is 19.9. The van der Waals surface area contributed by atoms with Crippen LogP contribution in [0.15, 0.2) is 61.2 Å². The van der Waals surface area contributed by atoms with E-state index in [1.165, 1.54) is 73.6 Å². The molecule has 1 atom stereocenters. The molecule has 0 aromatic heterocycles. The third-order valence-electron chi connectivity index (χ3n) is 6.65. The summed E-state index contributed by atoms with van der Waals surface area (Å²) >= 11 is 0. The maximum atomic E-state index is 4.14. The summed E-state index contributed by atoms with van der Waals surface area (Å²) in [6.07, 6.45) is 14.1. The molecule has 1 aliphatic carbocycles. The third kappa shape index (κ3) is 3.91. The maximum Gasteiger partial charge on any atom is 0.0274 e. The third-order valence-corrected chi connectivity index (χ3v) is 6.65. The summed E-state index contributed by atoms with van der Waals surface area (Å²) in [6, 6.07) is 18.1. The highest BCUT2D eigenvalue weighted by molar-refractivity contribution is 5.81. The fraction of sp³-hybridized carbons (Fsp3) is 0.481. The first-order valence-electron chi connectivity index (χ1n) is 11.1. The normalized spacial score (nSPS) is 15.2. The lowest BCUT2D eigenvalue weighted by Gasteiger charge is -2.37. The molecule has 1 aliphatic rings. The molecule has 1 unspecified atom stereocenters. The van der Waals surface area contributed by atoms with Crippen LogP contribution in [0.2, 0.25) is 0 Å². The Kier molecular flexibility index (Phi) is 6.94. The zero-order valence-corrected chi connectivity index (χ0v) is 17.3. The second kappa shape index (κ2) is 9.40. The molecule has 0 N–H and O–H groups in total. The van der Waals surface area contributed by atoms with Gasteiger partial charge in [-0.1, -0.05) is 113 Å². The molecular formula is C27H36. The summed E-state index contributed by atoms with van der Waals surface area (Å²) in [5.41, 5.74) is 5.99. The van der Waals surface area contributed by atoms with Gasteiger partial charge >= 0.3 is 0 Å². The van der Waals surface area contributed by atoms with Gasteiger partial charge < -0.3 is 0 Å². The minimum absolute atomic E-state index is 0.0944. The standard InChI is InChI=1S/C27H36/c1-4-6-7-8-9-10-11-16-22(3)27(21-5-2)25-19-14-12-17-23(25)24-18-13-15-20-26(24)27/h5,12-15,17-20,22H,2,4,6-11,16,21H2,1,3H3. The Hall–Kier alpha value is -1.82. The lowest BCUT2D eigenvalue weighted by molar-refractivity contribution is 0.322. The highest BCUT2D eigenvalue weighted by atomic mass is 14.5. The molecule has 0 radical (unpaired) electrons. The SMILES string of the molecule is C=CCC1(C(C)CCCCCCCCC)c2ccccc2-c2ccccc21. The molecule has 3 rings (SSSR count). The molecule has 0 saturated carbocycles. The van der Waals surface area contributed by atoms with Crippen molar-refractivity contribution in [2.75, 3.05) is 0 Å². The topological polar surface area (TPSA) is 0 Å². The number of fused-ring (bicyclic) bond motifs is 3. The van der Waals surface area contributed by atoms with Gasteiger partial charge in [0.2, 0.25) is 0 Å². The van der Waals surface area contributed by atoms with Crippen LogP contribution in [-0.2, 0) is 5.41 Å². The molecule has 0 amide bonds.